The second kappa shape index (κ2) is 9.85. The summed E-state index contributed by atoms with van der Waals surface area (Å²) in [6.45, 7) is 0.532. The number of likely N-dealkylation sites (tertiary alicyclic amines) is 1. The molecule has 1 fully saturated rings. The molecule has 0 aliphatic carbocycles. The first-order chi connectivity index (χ1) is 16.1. The van der Waals surface area contributed by atoms with E-state index in [1.54, 1.807) is 29.2 Å². The van der Waals surface area contributed by atoms with Crippen molar-refractivity contribution in [1.82, 2.24) is 9.88 Å². The van der Waals surface area contributed by atoms with E-state index in [0.29, 0.717) is 10.7 Å². The number of carbonyl (C=O) groups is 1. The summed E-state index contributed by atoms with van der Waals surface area (Å²) in [6, 6.07) is 12.9. The number of piperidine rings is 1. The molecule has 180 valence electrons. The fourth-order valence-corrected chi connectivity index (χ4v) is 5.26. The Hall–Kier alpha value is -2.76. The average Bonchev–Trinajstić information content (AvgIpc) is 3.18. The number of halogens is 3. The third-order valence-electron chi connectivity index (χ3n) is 5.50. The maximum absolute atomic E-state index is 12.8. The Bertz CT molecular complexity index is 1190. The summed E-state index contributed by atoms with van der Waals surface area (Å²) in [5.41, 5.74) is 6.64. The summed E-state index contributed by atoms with van der Waals surface area (Å²) >= 11 is 2.83. The minimum atomic E-state index is -4.30. The van der Waals surface area contributed by atoms with Crippen LogP contribution in [0.25, 0.3) is 10.2 Å². The maximum Gasteiger partial charge on any atom is 0.392 e. The lowest BCUT2D eigenvalue weighted by Gasteiger charge is -2.36. The normalized spacial score (nSPS) is 16.3. The minimum Gasteiger partial charge on any atom is -0.386 e. The number of thiazole rings is 1. The number of anilines is 2. The smallest absolute Gasteiger partial charge is 0.386 e. The number of alkyl halides is 3. The number of hydrogen-bond donors (Lipinski definition) is 3. The van der Waals surface area contributed by atoms with Crippen molar-refractivity contribution in [3.63, 3.8) is 0 Å². The number of para-hydroxylation sites is 1. The van der Waals surface area contributed by atoms with Gasteiger partial charge in [0.05, 0.1) is 27.1 Å². The molecule has 34 heavy (non-hydrogen) atoms. The van der Waals surface area contributed by atoms with E-state index in [2.05, 4.69) is 9.71 Å². The van der Waals surface area contributed by atoms with E-state index < -0.39 is 18.2 Å². The molecule has 2 heterocycles. The zero-order chi connectivity index (χ0) is 24.3. The van der Waals surface area contributed by atoms with E-state index in [1.165, 1.54) is 29.4 Å². The number of fused-ring (bicyclic) bond motifs is 1. The van der Waals surface area contributed by atoms with Gasteiger partial charge in [-0.05, 0) is 61.2 Å². The van der Waals surface area contributed by atoms with Crippen LogP contribution in [0.2, 0.25) is 0 Å². The lowest BCUT2D eigenvalue weighted by molar-refractivity contribution is -0.125. The molecule has 11 heteroatoms. The number of allylic oxidation sites excluding steroid dienone is 1. The third-order valence-corrected chi connectivity index (χ3v) is 7.24. The third kappa shape index (κ3) is 6.02. The SMILES string of the molecule is Nc1nc2c(SNc3ccc(C(=O)N4CCC(O)(/C=C/CC(F)(F)F)CC4)cc3)cccc2s1. The van der Waals surface area contributed by atoms with Crippen LogP contribution in [-0.2, 0) is 0 Å². The van der Waals surface area contributed by atoms with Crippen molar-refractivity contribution in [1.29, 1.82) is 0 Å². The average molecular weight is 509 g/mol. The van der Waals surface area contributed by atoms with E-state index in [1.807, 2.05) is 18.2 Å². The van der Waals surface area contributed by atoms with Gasteiger partial charge in [-0.25, -0.2) is 4.98 Å². The largest absolute Gasteiger partial charge is 0.392 e. The topological polar surface area (TPSA) is 91.5 Å². The summed E-state index contributed by atoms with van der Waals surface area (Å²) in [4.78, 5) is 19.7. The number of nitrogens with zero attached hydrogens (tertiary/aromatic N) is 2. The number of nitrogen functional groups attached to an aromatic ring is 1. The molecule has 1 aromatic heterocycles. The molecule has 0 saturated carbocycles. The number of nitrogens with one attached hydrogen (secondary N) is 1. The number of aliphatic hydroxyl groups is 1. The molecule has 6 nitrogen and oxygen atoms in total. The standard InChI is InChI=1S/C23H23F3N4O2S2/c24-23(25,26)10-2-9-22(32)11-13-30(14-12-22)20(31)15-5-7-16(8-6-15)29-34-18-4-1-3-17-19(18)28-21(27)33-17/h1-9,29,32H,10-14H2,(H2,27,28)/b9-2+. The van der Waals surface area contributed by atoms with Crippen LogP contribution < -0.4 is 10.5 Å². The molecule has 1 aliphatic heterocycles. The van der Waals surface area contributed by atoms with Crippen LogP contribution in [-0.4, -0.2) is 45.8 Å². The fourth-order valence-electron chi connectivity index (χ4n) is 3.68. The molecule has 0 radical (unpaired) electrons. The molecule has 0 unspecified atom stereocenters. The van der Waals surface area contributed by atoms with Crippen molar-refractivity contribution in [2.75, 3.05) is 23.5 Å². The quantitative estimate of drug-likeness (QED) is 0.302. The van der Waals surface area contributed by atoms with E-state index in [0.717, 1.165) is 26.9 Å². The van der Waals surface area contributed by atoms with E-state index in [-0.39, 0.29) is 31.8 Å². The van der Waals surface area contributed by atoms with Gasteiger partial charge in [0.15, 0.2) is 5.13 Å². The first-order valence-corrected chi connectivity index (χ1v) is 12.2. The lowest BCUT2D eigenvalue weighted by Crippen LogP contribution is -2.45. The van der Waals surface area contributed by atoms with Crippen molar-refractivity contribution < 1.29 is 23.1 Å². The van der Waals surface area contributed by atoms with Crippen LogP contribution in [0.1, 0.15) is 29.6 Å². The van der Waals surface area contributed by atoms with Crippen molar-refractivity contribution in [3.05, 3.63) is 60.2 Å². The molecule has 1 aliphatic rings. The molecule has 0 atom stereocenters. The zero-order valence-electron chi connectivity index (χ0n) is 18.0. The highest BCUT2D eigenvalue weighted by atomic mass is 32.2. The number of carbonyl (C=O) groups excluding carboxylic acids is 1. The summed E-state index contributed by atoms with van der Waals surface area (Å²) in [5, 5.41) is 11.0. The van der Waals surface area contributed by atoms with Gasteiger partial charge in [-0.3, -0.25) is 4.79 Å². The van der Waals surface area contributed by atoms with Crippen LogP contribution in [0, 0.1) is 0 Å². The van der Waals surface area contributed by atoms with E-state index in [9.17, 15) is 23.1 Å². The molecule has 4 N–H and O–H groups in total. The predicted molar refractivity (Wildman–Crippen MR) is 130 cm³/mol. The number of amides is 1. The Balaban J connectivity index is 1.32. The van der Waals surface area contributed by atoms with Crippen molar-refractivity contribution >= 4 is 50.2 Å². The fraction of sp³-hybridized carbons (Fsp3) is 0.304. The molecule has 0 bridgehead atoms. The summed E-state index contributed by atoms with van der Waals surface area (Å²) in [6.07, 6.45) is -2.84. The van der Waals surface area contributed by atoms with E-state index in [4.69, 9.17) is 5.73 Å². The van der Waals surface area contributed by atoms with E-state index >= 15 is 0 Å². The Morgan fingerprint density at radius 3 is 2.62 bits per heavy atom. The first-order valence-electron chi connectivity index (χ1n) is 10.6. The second-order valence-corrected chi connectivity index (χ2v) is 9.96. The molecule has 3 aromatic rings. The summed E-state index contributed by atoms with van der Waals surface area (Å²) in [5.74, 6) is -0.178. The van der Waals surface area contributed by atoms with Gasteiger partial charge in [-0.2, -0.15) is 13.2 Å². The van der Waals surface area contributed by atoms with Crippen LogP contribution in [0.4, 0.5) is 24.0 Å². The molecular formula is C23H23F3N4O2S2. The van der Waals surface area contributed by atoms with Crippen LogP contribution in [0.5, 0.6) is 0 Å². The summed E-state index contributed by atoms with van der Waals surface area (Å²) in [7, 11) is 0. The van der Waals surface area contributed by atoms with Gasteiger partial charge >= 0.3 is 6.18 Å². The maximum atomic E-state index is 12.8. The van der Waals surface area contributed by atoms with Crippen LogP contribution >= 0.6 is 23.3 Å². The number of nitrogens with two attached hydrogens (primary N) is 1. The first kappa shape index (κ1) is 24.4. The number of hydrogen-bond acceptors (Lipinski definition) is 7. The molecule has 1 amide bonds. The lowest BCUT2D eigenvalue weighted by atomic mass is 9.90. The Morgan fingerprint density at radius 2 is 1.94 bits per heavy atom. The van der Waals surface area contributed by atoms with Crippen LogP contribution in [0.3, 0.4) is 0 Å². The Labute approximate surface area is 202 Å². The van der Waals surface area contributed by atoms with Gasteiger partial charge in [0, 0.05) is 24.3 Å². The monoisotopic (exact) mass is 508 g/mol. The number of benzene rings is 2. The van der Waals surface area contributed by atoms with Gasteiger partial charge in [0.1, 0.15) is 0 Å². The van der Waals surface area contributed by atoms with Gasteiger partial charge in [-0.1, -0.05) is 29.6 Å². The molecule has 4 rings (SSSR count). The number of rotatable bonds is 6. The van der Waals surface area contributed by atoms with Gasteiger partial charge in [0.2, 0.25) is 0 Å². The van der Waals surface area contributed by atoms with Crippen molar-refractivity contribution in [2.24, 2.45) is 0 Å². The van der Waals surface area contributed by atoms with Gasteiger partial charge in [-0.15, -0.1) is 0 Å². The highest BCUT2D eigenvalue weighted by Gasteiger charge is 2.33. The van der Waals surface area contributed by atoms with Crippen molar-refractivity contribution in [3.8, 4) is 0 Å². The predicted octanol–water partition coefficient (Wildman–Crippen LogP) is 5.47. The molecule has 1 saturated heterocycles. The Morgan fingerprint density at radius 1 is 1.24 bits per heavy atom. The Kier molecular flexibility index (Phi) is 7.06. The van der Waals surface area contributed by atoms with Gasteiger partial charge < -0.3 is 20.5 Å². The highest BCUT2D eigenvalue weighted by molar-refractivity contribution is 8.00. The zero-order valence-corrected chi connectivity index (χ0v) is 19.6. The molecule has 0 spiro atoms. The number of aromatic nitrogens is 1. The highest BCUT2D eigenvalue weighted by Crippen LogP contribution is 2.33. The molecule has 2 aromatic carbocycles. The van der Waals surface area contributed by atoms with Crippen molar-refractivity contribution in [2.45, 2.75) is 35.9 Å². The van der Waals surface area contributed by atoms with Gasteiger partial charge in [0.25, 0.3) is 5.91 Å². The second-order valence-electron chi connectivity index (χ2n) is 8.05. The van der Waals surface area contributed by atoms with Crippen LogP contribution in [0.15, 0.2) is 59.5 Å². The molecular weight excluding hydrogens is 485 g/mol. The minimum absolute atomic E-state index is 0.178. The summed E-state index contributed by atoms with van der Waals surface area (Å²) < 4.78 is 41.2.